The first-order chi connectivity index (χ1) is 11.0. The topological polar surface area (TPSA) is 38.3 Å². The van der Waals surface area contributed by atoms with Gasteiger partial charge in [-0.3, -0.25) is 4.79 Å². The van der Waals surface area contributed by atoms with Crippen LogP contribution < -0.4 is 10.1 Å². The Morgan fingerprint density at radius 2 is 1.78 bits per heavy atom. The molecule has 0 aliphatic carbocycles. The molecule has 2 aromatic carbocycles. The molecule has 4 heteroatoms. The number of hydrogen-bond acceptors (Lipinski definition) is 2. The van der Waals surface area contributed by atoms with Gasteiger partial charge in [-0.25, -0.2) is 0 Å². The molecular formula is C19H22ClNO2. The van der Waals surface area contributed by atoms with Gasteiger partial charge in [0, 0.05) is 11.6 Å². The van der Waals surface area contributed by atoms with Crippen molar-refractivity contribution in [3.63, 3.8) is 0 Å². The summed E-state index contributed by atoms with van der Waals surface area (Å²) in [4.78, 5) is 11.9. The van der Waals surface area contributed by atoms with E-state index in [4.69, 9.17) is 16.3 Å². The number of aryl methyl sites for hydroxylation is 2. The van der Waals surface area contributed by atoms with Crippen LogP contribution >= 0.6 is 11.6 Å². The lowest BCUT2D eigenvalue weighted by atomic mass is 10.0. The molecule has 3 nitrogen and oxygen atoms in total. The number of benzene rings is 2. The fourth-order valence-corrected chi connectivity index (χ4v) is 2.46. The van der Waals surface area contributed by atoms with Crippen molar-refractivity contribution in [1.29, 1.82) is 0 Å². The van der Waals surface area contributed by atoms with E-state index in [9.17, 15) is 4.79 Å². The molecule has 0 bridgehead atoms. The van der Waals surface area contributed by atoms with Crippen LogP contribution in [0.25, 0.3) is 0 Å². The Morgan fingerprint density at radius 3 is 2.39 bits per heavy atom. The number of ether oxygens (including phenoxy) is 1. The van der Waals surface area contributed by atoms with Gasteiger partial charge in [0.2, 0.25) is 0 Å². The SMILES string of the molecule is Cc1cc(OCC(=O)NCC(C)c2ccccc2)cc(C)c1Cl. The van der Waals surface area contributed by atoms with Crippen molar-refractivity contribution in [2.45, 2.75) is 26.7 Å². The molecule has 0 aromatic heterocycles. The maximum Gasteiger partial charge on any atom is 0.257 e. The zero-order valence-electron chi connectivity index (χ0n) is 13.7. The van der Waals surface area contributed by atoms with Gasteiger partial charge in [0.1, 0.15) is 5.75 Å². The van der Waals surface area contributed by atoms with Crippen molar-refractivity contribution in [3.05, 3.63) is 64.2 Å². The van der Waals surface area contributed by atoms with Crippen molar-refractivity contribution >= 4 is 17.5 Å². The standard InChI is InChI=1S/C19H22ClNO2/c1-13-9-17(10-14(2)19(13)20)23-12-18(22)21-11-15(3)16-7-5-4-6-8-16/h4-10,15H,11-12H2,1-3H3,(H,21,22). The average Bonchev–Trinajstić information content (AvgIpc) is 2.56. The molecule has 1 amide bonds. The predicted octanol–water partition coefficient (Wildman–Crippen LogP) is 4.26. The highest BCUT2D eigenvalue weighted by Gasteiger charge is 2.09. The molecule has 0 heterocycles. The van der Waals surface area contributed by atoms with E-state index < -0.39 is 0 Å². The summed E-state index contributed by atoms with van der Waals surface area (Å²) >= 11 is 6.12. The third-order valence-electron chi connectivity index (χ3n) is 3.75. The lowest BCUT2D eigenvalue weighted by Gasteiger charge is -2.14. The van der Waals surface area contributed by atoms with Crippen molar-refractivity contribution in [1.82, 2.24) is 5.32 Å². The number of halogens is 1. The van der Waals surface area contributed by atoms with E-state index in [1.54, 1.807) is 0 Å². The zero-order chi connectivity index (χ0) is 16.8. The first-order valence-corrected chi connectivity index (χ1v) is 8.06. The molecule has 23 heavy (non-hydrogen) atoms. The van der Waals surface area contributed by atoms with Crippen LogP contribution in [0.2, 0.25) is 5.02 Å². The van der Waals surface area contributed by atoms with Crippen LogP contribution in [0, 0.1) is 13.8 Å². The second-order valence-corrected chi connectivity index (χ2v) is 6.15. The molecule has 1 N–H and O–H groups in total. The van der Waals surface area contributed by atoms with Gasteiger partial charge in [-0.15, -0.1) is 0 Å². The molecule has 2 aromatic rings. The Kier molecular flexibility index (Phi) is 6.05. The van der Waals surface area contributed by atoms with Crippen LogP contribution in [0.4, 0.5) is 0 Å². The van der Waals surface area contributed by atoms with E-state index in [0.29, 0.717) is 12.3 Å². The van der Waals surface area contributed by atoms with E-state index in [1.165, 1.54) is 5.56 Å². The second kappa shape index (κ2) is 8.02. The molecule has 122 valence electrons. The number of nitrogens with one attached hydrogen (secondary N) is 1. The smallest absolute Gasteiger partial charge is 0.257 e. The van der Waals surface area contributed by atoms with Crippen molar-refractivity contribution in [2.75, 3.05) is 13.2 Å². The first kappa shape index (κ1) is 17.4. The summed E-state index contributed by atoms with van der Waals surface area (Å²) in [6.07, 6.45) is 0. The lowest BCUT2D eigenvalue weighted by molar-refractivity contribution is -0.123. The van der Waals surface area contributed by atoms with E-state index in [1.807, 2.05) is 44.2 Å². The number of rotatable bonds is 6. The average molecular weight is 332 g/mol. The Bertz CT molecular complexity index is 647. The normalized spacial score (nSPS) is 11.8. The molecule has 1 unspecified atom stereocenters. The third-order valence-corrected chi connectivity index (χ3v) is 4.35. The van der Waals surface area contributed by atoms with Crippen molar-refractivity contribution < 1.29 is 9.53 Å². The fourth-order valence-electron chi connectivity index (χ4n) is 2.36. The molecule has 0 radical (unpaired) electrons. The summed E-state index contributed by atoms with van der Waals surface area (Å²) < 4.78 is 5.55. The van der Waals surface area contributed by atoms with Gasteiger partial charge < -0.3 is 10.1 Å². The molecule has 0 spiro atoms. The van der Waals surface area contributed by atoms with Crippen LogP contribution in [0.5, 0.6) is 5.75 Å². The van der Waals surface area contributed by atoms with Gasteiger partial charge in [0.05, 0.1) is 0 Å². The minimum absolute atomic E-state index is 0.00201. The fraction of sp³-hybridized carbons (Fsp3) is 0.316. The summed E-state index contributed by atoms with van der Waals surface area (Å²) in [6.45, 7) is 6.52. The van der Waals surface area contributed by atoms with Crippen LogP contribution in [0.1, 0.15) is 29.5 Å². The lowest BCUT2D eigenvalue weighted by Crippen LogP contribution is -2.31. The van der Waals surface area contributed by atoms with E-state index in [-0.39, 0.29) is 18.4 Å². The van der Waals surface area contributed by atoms with Gasteiger partial charge in [-0.2, -0.15) is 0 Å². The van der Waals surface area contributed by atoms with Gasteiger partial charge in [0.15, 0.2) is 6.61 Å². The van der Waals surface area contributed by atoms with E-state index in [0.717, 1.165) is 16.1 Å². The van der Waals surface area contributed by atoms with Gasteiger partial charge >= 0.3 is 0 Å². The number of amides is 1. The van der Waals surface area contributed by atoms with Crippen LogP contribution in [0.3, 0.4) is 0 Å². The van der Waals surface area contributed by atoms with Crippen LogP contribution in [0.15, 0.2) is 42.5 Å². The first-order valence-electron chi connectivity index (χ1n) is 7.68. The minimum Gasteiger partial charge on any atom is -0.484 e. The highest BCUT2D eigenvalue weighted by molar-refractivity contribution is 6.32. The minimum atomic E-state index is -0.127. The summed E-state index contributed by atoms with van der Waals surface area (Å²) in [6, 6.07) is 13.8. The van der Waals surface area contributed by atoms with Gasteiger partial charge in [-0.05, 0) is 48.6 Å². The van der Waals surface area contributed by atoms with Gasteiger partial charge in [-0.1, -0.05) is 48.9 Å². The maximum atomic E-state index is 11.9. The quantitative estimate of drug-likeness (QED) is 0.859. The maximum absolute atomic E-state index is 11.9. The van der Waals surface area contributed by atoms with E-state index in [2.05, 4.69) is 24.4 Å². The predicted molar refractivity (Wildman–Crippen MR) is 94.3 cm³/mol. The van der Waals surface area contributed by atoms with Crippen molar-refractivity contribution in [2.24, 2.45) is 0 Å². The molecule has 2 rings (SSSR count). The molecule has 1 atom stereocenters. The molecule has 0 fully saturated rings. The Morgan fingerprint density at radius 1 is 1.17 bits per heavy atom. The summed E-state index contributed by atoms with van der Waals surface area (Å²) in [5, 5.41) is 3.64. The monoisotopic (exact) mass is 331 g/mol. The molecular weight excluding hydrogens is 310 g/mol. The Balaban J connectivity index is 1.81. The molecule has 0 aliphatic rings. The number of hydrogen-bond donors (Lipinski definition) is 1. The molecule has 0 saturated carbocycles. The number of carbonyl (C=O) groups excluding carboxylic acids is 1. The zero-order valence-corrected chi connectivity index (χ0v) is 14.5. The third kappa shape index (κ3) is 5.00. The molecule has 0 aliphatic heterocycles. The summed E-state index contributed by atoms with van der Waals surface area (Å²) in [7, 11) is 0. The highest BCUT2D eigenvalue weighted by Crippen LogP contribution is 2.25. The summed E-state index contributed by atoms with van der Waals surface area (Å²) in [5.41, 5.74) is 3.09. The summed E-state index contributed by atoms with van der Waals surface area (Å²) in [5.74, 6) is 0.800. The van der Waals surface area contributed by atoms with E-state index >= 15 is 0 Å². The highest BCUT2D eigenvalue weighted by atomic mass is 35.5. The largest absolute Gasteiger partial charge is 0.484 e. The van der Waals surface area contributed by atoms with Gasteiger partial charge in [0.25, 0.3) is 5.91 Å². The Labute approximate surface area is 142 Å². The number of carbonyl (C=O) groups is 1. The van der Waals surface area contributed by atoms with Crippen LogP contribution in [-0.4, -0.2) is 19.1 Å². The van der Waals surface area contributed by atoms with Crippen molar-refractivity contribution in [3.8, 4) is 5.75 Å². The van der Waals surface area contributed by atoms with Crippen LogP contribution in [-0.2, 0) is 4.79 Å². The Hall–Kier alpha value is -2.00. The second-order valence-electron chi connectivity index (χ2n) is 5.78. The molecule has 0 saturated heterocycles.